The number of fused-ring (bicyclic) bond motifs is 1. The van der Waals surface area contributed by atoms with Crippen LogP contribution in [0.5, 0.6) is 0 Å². The molecule has 0 radical (unpaired) electrons. The number of esters is 1. The van der Waals surface area contributed by atoms with Gasteiger partial charge in [-0.25, -0.2) is 14.6 Å². The number of carbonyl (C=O) groups is 5. The van der Waals surface area contributed by atoms with Crippen LogP contribution in [0.15, 0.2) is 53.6 Å². The van der Waals surface area contributed by atoms with Crippen molar-refractivity contribution in [1.29, 1.82) is 0 Å². The smallest absolute Gasteiger partial charge is 0.345 e. The van der Waals surface area contributed by atoms with Crippen LogP contribution >= 0.6 is 0 Å². The Morgan fingerprint density at radius 3 is 2.31 bits per heavy atom. The highest BCUT2D eigenvalue weighted by atomic mass is 16.5. The summed E-state index contributed by atoms with van der Waals surface area (Å²) in [7, 11) is 1.24. The molecule has 0 atom stereocenters. The summed E-state index contributed by atoms with van der Waals surface area (Å²) < 4.78 is 4.69. The van der Waals surface area contributed by atoms with Gasteiger partial charge in [0.05, 0.1) is 30.6 Å². The van der Waals surface area contributed by atoms with E-state index in [4.69, 9.17) is 5.10 Å². The summed E-state index contributed by atoms with van der Waals surface area (Å²) in [6.07, 6.45) is 5.02. The number of hydrogen-bond acceptors (Lipinski definition) is 7. The molecule has 0 aromatic heterocycles. The maximum atomic E-state index is 13.9. The fourth-order valence-electron chi connectivity index (χ4n) is 4.99. The van der Waals surface area contributed by atoms with E-state index in [1.807, 2.05) is 18.2 Å². The SMILES string of the molecule is COC(=O)c1cccc(C(=O)NNC(=O)CN2N=C(C3CCCCC3)c3ccccc3N(CC(=O)C(C)(C)C)C2=O)c1. The van der Waals surface area contributed by atoms with E-state index in [1.54, 1.807) is 26.8 Å². The third-order valence-corrected chi connectivity index (χ3v) is 7.44. The van der Waals surface area contributed by atoms with Gasteiger partial charge in [0.15, 0.2) is 5.78 Å². The van der Waals surface area contributed by atoms with Crippen molar-refractivity contribution in [3.05, 3.63) is 65.2 Å². The van der Waals surface area contributed by atoms with Crippen LogP contribution in [0.2, 0.25) is 0 Å². The molecular formula is C31H37N5O6. The van der Waals surface area contributed by atoms with Crippen LogP contribution in [0.25, 0.3) is 0 Å². The number of ether oxygens (including phenoxy) is 1. The van der Waals surface area contributed by atoms with Gasteiger partial charge < -0.3 is 4.74 Å². The number of ketones is 1. The second kappa shape index (κ2) is 13.0. The molecule has 0 unspecified atom stereocenters. The first-order chi connectivity index (χ1) is 20.0. The van der Waals surface area contributed by atoms with Gasteiger partial charge in [-0.2, -0.15) is 5.10 Å². The van der Waals surface area contributed by atoms with Crippen LogP contribution < -0.4 is 15.8 Å². The number of hydrazine groups is 1. The predicted octanol–water partition coefficient (Wildman–Crippen LogP) is 4.08. The van der Waals surface area contributed by atoms with Gasteiger partial charge >= 0.3 is 12.0 Å². The maximum Gasteiger partial charge on any atom is 0.345 e. The van der Waals surface area contributed by atoms with E-state index in [2.05, 4.69) is 15.6 Å². The Morgan fingerprint density at radius 2 is 1.62 bits per heavy atom. The van der Waals surface area contributed by atoms with Gasteiger partial charge in [0.1, 0.15) is 6.54 Å². The largest absolute Gasteiger partial charge is 0.465 e. The molecule has 4 amide bonds. The molecule has 2 aromatic carbocycles. The average Bonchev–Trinajstić information content (AvgIpc) is 3.10. The number of carbonyl (C=O) groups excluding carboxylic acids is 5. The first-order valence-electron chi connectivity index (χ1n) is 14.1. The van der Waals surface area contributed by atoms with E-state index in [9.17, 15) is 24.0 Å². The van der Waals surface area contributed by atoms with E-state index in [-0.39, 0.29) is 29.4 Å². The minimum absolute atomic E-state index is 0.0957. The van der Waals surface area contributed by atoms with Gasteiger partial charge in [-0.1, -0.05) is 64.3 Å². The number of amides is 4. The molecule has 0 saturated heterocycles. The molecule has 11 nitrogen and oxygen atoms in total. The number of anilines is 1. The lowest BCUT2D eigenvalue weighted by Gasteiger charge is -2.28. The third kappa shape index (κ3) is 7.02. The summed E-state index contributed by atoms with van der Waals surface area (Å²) in [5, 5.41) is 5.80. The van der Waals surface area contributed by atoms with Crippen LogP contribution in [0.3, 0.4) is 0 Å². The minimum Gasteiger partial charge on any atom is -0.465 e. The van der Waals surface area contributed by atoms with Crippen molar-refractivity contribution >= 4 is 41.0 Å². The van der Waals surface area contributed by atoms with Gasteiger partial charge in [-0.05, 0) is 37.1 Å². The summed E-state index contributed by atoms with van der Waals surface area (Å²) in [4.78, 5) is 65.9. The molecule has 1 aliphatic heterocycles. The van der Waals surface area contributed by atoms with Crippen molar-refractivity contribution < 1.29 is 28.7 Å². The topological polar surface area (TPSA) is 137 Å². The van der Waals surface area contributed by atoms with E-state index in [1.165, 1.54) is 36.3 Å². The zero-order chi connectivity index (χ0) is 30.4. The van der Waals surface area contributed by atoms with Crippen molar-refractivity contribution in [3.8, 4) is 0 Å². The molecule has 2 aliphatic rings. The Kier molecular flexibility index (Phi) is 9.39. The van der Waals surface area contributed by atoms with Crippen molar-refractivity contribution in [1.82, 2.24) is 15.9 Å². The van der Waals surface area contributed by atoms with E-state index in [0.717, 1.165) is 42.7 Å². The lowest BCUT2D eigenvalue weighted by molar-refractivity contribution is -0.124. The summed E-state index contributed by atoms with van der Waals surface area (Å²) >= 11 is 0. The zero-order valence-corrected chi connectivity index (χ0v) is 24.4. The first-order valence-corrected chi connectivity index (χ1v) is 14.1. The molecule has 222 valence electrons. The molecule has 11 heteroatoms. The average molecular weight is 576 g/mol. The fraction of sp³-hybridized carbons (Fsp3) is 0.419. The highest BCUT2D eigenvalue weighted by molar-refractivity contribution is 6.13. The molecule has 1 aliphatic carbocycles. The molecular weight excluding hydrogens is 538 g/mol. The second-order valence-electron chi connectivity index (χ2n) is 11.5. The van der Waals surface area contributed by atoms with Gasteiger partial charge in [0.2, 0.25) is 0 Å². The molecule has 1 saturated carbocycles. The lowest BCUT2D eigenvalue weighted by Crippen LogP contribution is -2.50. The Bertz CT molecular complexity index is 1410. The number of nitrogens with zero attached hydrogens (tertiary/aromatic N) is 3. The van der Waals surface area contributed by atoms with Gasteiger partial charge in [0.25, 0.3) is 11.8 Å². The summed E-state index contributed by atoms with van der Waals surface area (Å²) in [6.45, 7) is 4.71. The monoisotopic (exact) mass is 575 g/mol. The Labute approximate surface area is 245 Å². The zero-order valence-electron chi connectivity index (χ0n) is 24.4. The maximum absolute atomic E-state index is 13.9. The number of urea groups is 1. The Hall–Kier alpha value is -4.54. The molecule has 0 bridgehead atoms. The van der Waals surface area contributed by atoms with Gasteiger partial charge in [-0.3, -0.25) is 30.1 Å². The number of benzene rings is 2. The summed E-state index contributed by atoms with van der Waals surface area (Å²) in [5.41, 5.74) is 6.31. The predicted molar refractivity (Wildman–Crippen MR) is 157 cm³/mol. The van der Waals surface area contributed by atoms with Crippen LogP contribution in [0.1, 0.15) is 79.2 Å². The number of rotatable bonds is 7. The normalized spacial score (nSPS) is 15.7. The number of Topliss-reactive ketones (excluding diaryl/α,β-unsaturated/α-hetero) is 1. The number of methoxy groups -OCH3 is 1. The molecule has 1 fully saturated rings. The molecule has 2 N–H and O–H groups in total. The number of nitrogens with one attached hydrogen (secondary N) is 2. The summed E-state index contributed by atoms with van der Waals surface area (Å²) in [6, 6.07) is 12.6. The third-order valence-electron chi connectivity index (χ3n) is 7.44. The van der Waals surface area contributed by atoms with Crippen LogP contribution in [-0.2, 0) is 14.3 Å². The first kappa shape index (κ1) is 30.4. The highest BCUT2D eigenvalue weighted by Crippen LogP contribution is 2.34. The van der Waals surface area contributed by atoms with Gasteiger partial charge in [-0.15, -0.1) is 0 Å². The van der Waals surface area contributed by atoms with Gasteiger partial charge in [0, 0.05) is 22.5 Å². The standard InChI is InChI=1S/C31H37N5O6/c1-31(2,3)25(37)18-35-24-16-9-8-15-23(24)27(20-11-6-5-7-12-20)34-36(30(35)41)19-26(38)32-33-28(39)21-13-10-14-22(17-21)29(40)42-4/h8-10,13-17,20H,5-7,11-12,18-19H2,1-4H3,(H,32,38)(H,33,39). The molecule has 4 rings (SSSR count). The van der Waals surface area contributed by atoms with Crippen LogP contribution in [-0.4, -0.2) is 60.5 Å². The quantitative estimate of drug-likeness (QED) is 0.377. The van der Waals surface area contributed by atoms with Crippen LogP contribution in [0.4, 0.5) is 10.5 Å². The van der Waals surface area contributed by atoms with Crippen LogP contribution in [0, 0.1) is 11.3 Å². The highest BCUT2D eigenvalue weighted by Gasteiger charge is 2.36. The van der Waals surface area contributed by atoms with Crippen molar-refractivity contribution in [2.75, 3.05) is 25.1 Å². The molecule has 0 spiro atoms. The fourth-order valence-corrected chi connectivity index (χ4v) is 4.99. The van der Waals surface area contributed by atoms with E-state index in [0.29, 0.717) is 11.4 Å². The van der Waals surface area contributed by atoms with Crippen molar-refractivity contribution in [2.45, 2.75) is 52.9 Å². The Morgan fingerprint density at radius 1 is 0.929 bits per heavy atom. The van der Waals surface area contributed by atoms with E-state index >= 15 is 0 Å². The van der Waals surface area contributed by atoms with Crippen molar-refractivity contribution in [2.24, 2.45) is 16.4 Å². The Balaban J connectivity index is 1.58. The molecule has 1 heterocycles. The van der Waals surface area contributed by atoms with E-state index < -0.39 is 35.8 Å². The molecule has 2 aromatic rings. The number of hydrogen-bond donors (Lipinski definition) is 2. The second-order valence-corrected chi connectivity index (χ2v) is 11.5. The lowest BCUT2D eigenvalue weighted by atomic mass is 9.83. The van der Waals surface area contributed by atoms with Crippen molar-refractivity contribution in [3.63, 3.8) is 0 Å². The summed E-state index contributed by atoms with van der Waals surface area (Å²) in [5.74, 6) is -2.00. The molecule has 42 heavy (non-hydrogen) atoms. The number of para-hydroxylation sites is 1. The minimum atomic E-state index is -0.694. The number of hydrazone groups is 1.